The van der Waals surface area contributed by atoms with Crippen LogP contribution < -0.4 is 0 Å². The van der Waals surface area contributed by atoms with Crippen LogP contribution in [-0.2, 0) is 0 Å². The number of fused-ring (bicyclic) bond motifs is 1. The molecule has 0 fully saturated rings. The first-order valence-corrected chi connectivity index (χ1v) is 22.6. The maximum absolute atomic E-state index is 2.26. The second-order valence-electron chi connectivity index (χ2n) is 17.7. The summed E-state index contributed by atoms with van der Waals surface area (Å²) in [6.07, 6.45) is 4.08. The van der Waals surface area contributed by atoms with Crippen molar-refractivity contribution in [3.05, 3.63) is 198 Å². The zero-order valence-electron chi connectivity index (χ0n) is 41.5. The number of benzene rings is 7. The van der Waals surface area contributed by atoms with E-state index >= 15 is 0 Å². The summed E-state index contributed by atoms with van der Waals surface area (Å²) in [5.41, 5.74) is 27.2. The molecule has 7 aromatic rings. The Labute approximate surface area is 395 Å². The summed E-state index contributed by atoms with van der Waals surface area (Å²) in [5.74, 6) is 0. The molecule has 0 aliphatic heterocycles. The quantitative estimate of drug-likeness (QED) is 0.165. The highest BCUT2D eigenvalue weighted by Gasteiger charge is 2.06. The fraction of sp³-hybridized carbons (Fsp3) is 0.375. The second-order valence-corrected chi connectivity index (χ2v) is 17.7. The molecule has 0 spiro atoms. The maximum Gasteiger partial charge on any atom is -0.0120 e. The monoisotopic (exact) mass is 859 g/mol. The highest BCUT2D eigenvalue weighted by molar-refractivity contribution is 5.93. The average molecular weight is 859 g/mol. The van der Waals surface area contributed by atoms with Crippen molar-refractivity contribution in [1.82, 2.24) is 0 Å². The largest absolute Gasteiger partial charge is 0.0776 e. The van der Waals surface area contributed by atoms with Gasteiger partial charge in [0.2, 0.25) is 0 Å². The summed E-state index contributed by atoms with van der Waals surface area (Å²) in [6, 6.07) is 40.0. The summed E-state index contributed by atoms with van der Waals surface area (Å²) in [6.45, 7) is 39.1. The van der Waals surface area contributed by atoms with Crippen LogP contribution in [0, 0.1) is 111 Å². The average Bonchev–Trinajstić information content (AvgIpc) is 3.22. The fourth-order valence-electron chi connectivity index (χ4n) is 7.39. The molecule has 0 nitrogen and oxygen atoms in total. The molecule has 0 saturated carbocycles. The van der Waals surface area contributed by atoms with Gasteiger partial charge in [0.25, 0.3) is 0 Å². The molecule has 0 bridgehead atoms. The molecule has 7 rings (SSSR count). The second kappa shape index (κ2) is 27.9. The van der Waals surface area contributed by atoms with Crippen molar-refractivity contribution < 1.29 is 0 Å². The van der Waals surface area contributed by atoms with Crippen molar-refractivity contribution in [2.24, 2.45) is 0 Å². The molecular formula is C64H90. The molecule has 64 heavy (non-hydrogen) atoms. The van der Waals surface area contributed by atoms with Crippen molar-refractivity contribution in [1.29, 1.82) is 0 Å². The standard InChI is InChI=1S/2C16H18.C14H16.C10H14.C5H12.3CH4/c2*1-11-5-7-15(9-13(11)3)16-8-6-12(2)14(4)10-16;1-9-5-6-11(3)14-12(4)8-7-10(2)13(9)14;1-7-5-9(3)10(4)6-8(7)2;1-3-5-4-2;;;/h2*5-10H,1-4H3;5-8H,1-4H3;5-6H,1-4H3;3-5H2,1-2H3;3*1H4. The first-order valence-electron chi connectivity index (χ1n) is 22.6. The molecule has 0 heterocycles. The van der Waals surface area contributed by atoms with Crippen LogP contribution in [-0.4, -0.2) is 0 Å². The SMILES string of the molecule is C.C.C.CCCCC.Cc1cc(C)c(C)cc1C.Cc1ccc(-c2ccc(C)c(C)c2)cc1C.Cc1ccc(-c2ccc(C)c(C)c2)cc1C.Cc1ccc(C)c2c(C)ccc(C)c12. The highest BCUT2D eigenvalue weighted by Crippen LogP contribution is 2.29. The van der Waals surface area contributed by atoms with E-state index < -0.39 is 0 Å². The smallest absolute Gasteiger partial charge is 0.0120 e. The van der Waals surface area contributed by atoms with Gasteiger partial charge in [-0.3, -0.25) is 0 Å². The van der Waals surface area contributed by atoms with E-state index in [0.29, 0.717) is 0 Å². The summed E-state index contributed by atoms with van der Waals surface area (Å²) >= 11 is 0. The van der Waals surface area contributed by atoms with Crippen LogP contribution in [0.4, 0.5) is 0 Å². The predicted molar refractivity (Wildman–Crippen MR) is 295 cm³/mol. The zero-order valence-corrected chi connectivity index (χ0v) is 41.5. The number of unbranched alkanes of at least 4 members (excludes halogenated alkanes) is 2. The van der Waals surface area contributed by atoms with Gasteiger partial charge in [-0.1, -0.05) is 165 Å². The zero-order chi connectivity index (χ0) is 45.6. The maximum atomic E-state index is 2.26. The van der Waals surface area contributed by atoms with Gasteiger partial charge in [0.05, 0.1) is 0 Å². The Bertz CT molecular complexity index is 2180. The minimum absolute atomic E-state index is 0. The van der Waals surface area contributed by atoms with E-state index in [9.17, 15) is 0 Å². The highest BCUT2D eigenvalue weighted by atomic mass is 14.1. The topological polar surface area (TPSA) is 0 Å². The van der Waals surface area contributed by atoms with Crippen molar-refractivity contribution >= 4 is 10.8 Å². The first-order chi connectivity index (χ1) is 28.8. The lowest BCUT2D eigenvalue weighted by atomic mass is 9.94. The van der Waals surface area contributed by atoms with Crippen LogP contribution in [0.2, 0.25) is 0 Å². The molecule has 7 aromatic carbocycles. The number of rotatable bonds is 4. The lowest BCUT2D eigenvalue weighted by Crippen LogP contribution is -1.89. The van der Waals surface area contributed by atoms with Gasteiger partial charge in [-0.25, -0.2) is 0 Å². The van der Waals surface area contributed by atoms with Gasteiger partial charge in [-0.2, -0.15) is 0 Å². The van der Waals surface area contributed by atoms with Crippen LogP contribution in [0.3, 0.4) is 0 Å². The first kappa shape index (κ1) is 58.8. The van der Waals surface area contributed by atoms with Gasteiger partial charge in [-0.15, -0.1) is 0 Å². The lowest BCUT2D eigenvalue weighted by Gasteiger charge is -2.11. The van der Waals surface area contributed by atoms with Crippen LogP contribution in [0.15, 0.2) is 109 Å². The Hall–Kier alpha value is -5.20. The molecule has 0 N–H and O–H groups in total. The predicted octanol–water partition coefficient (Wildman–Crippen LogP) is 20.3. The van der Waals surface area contributed by atoms with Crippen LogP contribution in [0.5, 0.6) is 0 Å². The van der Waals surface area contributed by atoms with E-state index in [2.05, 4.69) is 234 Å². The number of hydrogen-bond donors (Lipinski definition) is 0. The molecule has 0 radical (unpaired) electrons. The van der Waals surface area contributed by atoms with E-state index in [1.54, 1.807) is 0 Å². The number of aryl methyl sites for hydroxylation is 16. The normalized spacial score (nSPS) is 9.84. The van der Waals surface area contributed by atoms with Gasteiger partial charge in [0.15, 0.2) is 0 Å². The third-order valence-electron chi connectivity index (χ3n) is 12.5. The fourth-order valence-corrected chi connectivity index (χ4v) is 7.39. The molecule has 0 saturated heterocycles. The summed E-state index contributed by atoms with van der Waals surface area (Å²) in [5, 5.41) is 2.87. The van der Waals surface area contributed by atoms with E-state index in [1.807, 2.05) is 0 Å². The molecule has 0 aromatic heterocycles. The van der Waals surface area contributed by atoms with E-state index in [-0.39, 0.29) is 22.3 Å². The Morgan fingerprint density at radius 3 is 0.547 bits per heavy atom. The van der Waals surface area contributed by atoms with Crippen molar-refractivity contribution in [2.75, 3.05) is 0 Å². The van der Waals surface area contributed by atoms with Crippen molar-refractivity contribution in [3.63, 3.8) is 0 Å². The van der Waals surface area contributed by atoms with Gasteiger partial charge in [-0.05, 0) is 233 Å². The molecule has 346 valence electrons. The molecule has 0 unspecified atom stereocenters. The molecule has 0 aliphatic rings. The van der Waals surface area contributed by atoms with E-state index in [0.717, 1.165) is 0 Å². The third kappa shape index (κ3) is 16.7. The van der Waals surface area contributed by atoms with Gasteiger partial charge in [0.1, 0.15) is 0 Å². The minimum atomic E-state index is 0. The molecule has 0 aliphatic carbocycles. The number of hydrogen-bond acceptors (Lipinski definition) is 0. The summed E-state index contributed by atoms with van der Waals surface area (Å²) < 4.78 is 0. The lowest BCUT2D eigenvalue weighted by molar-refractivity contribution is 0.772. The van der Waals surface area contributed by atoms with Crippen molar-refractivity contribution in [3.8, 4) is 22.3 Å². The van der Waals surface area contributed by atoms with E-state index in [4.69, 9.17) is 0 Å². The Morgan fingerprint density at radius 2 is 0.391 bits per heavy atom. The summed E-state index contributed by atoms with van der Waals surface area (Å²) in [4.78, 5) is 0. The third-order valence-corrected chi connectivity index (χ3v) is 12.5. The summed E-state index contributed by atoms with van der Waals surface area (Å²) in [7, 11) is 0. The van der Waals surface area contributed by atoms with E-state index in [1.165, 1.54) is 141 Å². The molecular weight excluding hydrogens is 769 g/mol. The molecule has 0 atom stereocenters. The van der Waals surface area contributed by atoms with Crippen LogP contribution >= 0.6 is 0 Å². The van der Waals surface area contributed by atoms with Crippen LogP contribution in [0.25, 0.3) is 33.0 Å². The minimum Gasteiger partial charge on any atom is -0.0776 e. The van der Waals surface area contributed by atoms with Crippen molar-refractivity contribution in [2.45, 2.75) is 166 Å². The van der Waals surface area contributed by atoms with Gasteiger partial charge >= 0.3 is 0 Å². The van der Waals surface area contributed by atoms with Crippen LogP contribution in [0.1, 0.15) is 144 Å². The Kier molecular flexibility index (Phi) is 25.6. The van der Waals surface area contributed by atoms with Gasteiger partial charge < -0.3 is 0 Å². The molecule has 0 heteroatoms. The Balaban J connectivity index is 0.000000795. The van der Waals surface area contributed by atoms with Gasteiger partial charge in [0, 0.05) is 0 Å². The Morgan fingerprint density at radius 1 is 0.219 bits per heavy atom. The molecule has 0 amide bonds.